The molecule has 1 amide bonds. The van der Waals surface area contributed by atoms with Gasteiger partial charge in [-0.1, -0.05) is 30.5 Å². The van der Waals surface area contributed by atoms with Crippen LogP contribution in [0.15, 0.2) is 18.2 Å². The zero-order chi connectivity index (χ0) is 16.2. The summed E-state index contributed by atoms with van der Waals surface area (Å²) in [6, 6.07) is 3.50. The molecule has 7 heteroatoms. The molecule has 22 heavy (non-hydrogen) atoms. The molecule has 122 valence electrons. The number of nitrogens with one attached hydrogen (secondary N) is 2. The van der Waals surface area contributed by atoms with Gasteiger partial charge in [-0.2, -0.15) is 13.2 Å². The number of amides is 1. The summed E-state index contributed by atoms with van der Waals surface area (Å²) in [6.07, 6.45) is -0.300. The number of hydrogen-bond donors (Lipinski definition) is 2. The summed E-state index contributed by atoms with van der Waals surface area (Å²) in [6.45, 7) is 1.27. The zero-order valence-electron chi connectivity index (χ0n) is 12.0. The van der Waals surface area contributed by atoms with Crippen LogP contribution in [0.2, 0.25) is 5.02 Å². The second kappa shape index (κ2) is 7.33. The van der Waals surface area contributed by atoms with Gasteiger partial charge in [-0.15, -0.1) is 0 Å². The van der Waals surface area contributed by atoms with Gasteiger partial charge < -0.3 is 10.6 Å². The average molecular weight is 335 g/mol. The minimum Gasteiger partial charge on any atom is -0.350 e. The topological polar surface area (TPSA) is 41.1 Å². The molecule has 0 aliphatic carbocycles. The molecule has 1 unspecified atom stereocenters. The van der Waals surface area contributed by atoms with Gasteiger partial charge in [0, 0.05) is 12.6 Å². The highest BCUT2D eigenvalue weighted by molar-refractivity contribution is 6.34. The van der Waals surface area contributed by atoms with Gasteiger partial charge in [-0.25, -0.2) is 0 Å². The molecule has 3 nitrogen and oxygen atoms in total. The van der Waals surface area contributed by atoms with Crippen molar-refractivity contribution < 1.29 is 18.0 Å². The molecule has 1 aromatic carbocycles. The summed E-state index contributed by atoms with van der Waals surface area (Å²) < 4.78 is 38.4. The van der Waals surface area contributed by atoms with Crippen molar-refractivity contribution in [1.29, 1.82) is 0 Å². The van der Waals surface area contributed by atoms with Crippen molar-refractivity contribution in [2.45, 2.75) is 37.9 Å². The van der Waals surface area contributed by atoms with E-state index in [1.54, 1.807) is 0 Å². The summed E-state index contributed by atoms with van der Waals surface area (Å²) in [5, 5.41) is 5.42. The highest BCUT2D eigenvalue weighted by Crippen LogP contribution is 2.36. The van der Waals surface area contributed by atoms with Gasteiger partial charge in [-0.05, 0) is 31.5 Å². The van der Waals surface area contributed by atoms with E-state index in [4.69, 9.17) is 11.6 Å². The van der Waals surface area contributed by atoms with Crippen molar-refractivity contribution in [3.8, 4) is 0 Å². The Hall–Kier alpha value is -1.27. The SMILES string of the molecule is O=C(NCC1CCCCCN1)c1cccc(C(F)(F)F)c1Cl. The molecule has 1 atom stereocenters. The van der Waals surface area contributed by atoms with Crippen molar-refractivity contribution in [1.82, 2.24) is 10.6 Å². The number of carbonyl (C=O) groups excluding carboxylic acids is 1. The number of alkyl halides is 3. The van der Waals surface area contributed by atoms with Gasteiger partial charge in [0.15, 0.2) is 0 Å². The van der Waals surface area contributed by atoms with Crippen molar-refractivity contribution in [3.63, 3.8) is 0 Å². The second-order valence-electron chi connectivity index (χ2n) is 5.38. The molecule has 0 aromatic heterocycles. The number of halogens is 4. The number of carbonyl (C=O) groups is 1. The van der Waals surface area contributed by atoms with Crippen LogP contribution in [-0.4, -0.2) is 25.0 Å². The molecule has 1 heterocycles. The maximum atomic E-state index is 12.8. The van der Waals surface area contributed by atoms with Gasteiger partial charge in [0.05, 0.1) is 16.1 Å². The molecular formula is C15H18ClF3N2O. The van der Waals surface area contributed by atoms with E-state index in [-0.39, 0.29) is 11.6 Å². The van der Waals surface area contributed by atoms with Crippen LogP contribution in [0.1, 0.15) is 41.6 Å². The van der Waals surface area contributed by atoms with Crippen LogP contribution >= 0.6 is 11.6 Å². The molecule has 1 aromatic rings. The van der Waals surface area contributed by atoms with Crippen molar-refractivity contribution in [3.05, 3.63) is 34.3 Å². The standard InChI is InChI=1S/C15H18ClF3N2O/c16-13-11(6-4-7-12(13)15(17,18)19)14(22)21-9-10-5-2-1-3-8-20-10/h4,6-7,10,20H,1-3,5,8-9H2,(H,21,22). The van der Waals surface area contributed by atoms with Crippen LogP contribution < -0.4 is 10.6 Å². The lowest BCUT2D eigenvalue weighted by Crippen LogP contribution is -2.40. The molecule has 1 fully saturated rings. The summed E-state index contributed by atoms with van der Waals surface area (Å²) in [4.78, 5) is 12.1. The molecule has 2 N–H and O–H groups in total. The quantitative estimate of drug-likeness (QED) is 0.886. The second-order valence-corrected chi connectivity index (χ2v) is 5.75. The molecular weight excluding hydrogens is 317 g/mol. The van der Waals surface area contributed by atoms with E-state index >= 15 is 0 Å². The first-order valence-corrected chi connectivity index (χ1v) is 7.64. The first-order chi connectivity index (χ1) is 10.4. The third kappa shape index (κ3) is 4.36. The summed E-state index contributed by atoms with van der Waals surface area (Å²) in [7, 11) is 0. The maximum absolute atomic E-state index is 12.8. The normalized spacial score (nSPS) is 19.5. The third-order valence-corrected chi connectivity index (χ3v) is 4.13. The van der Waals surface area contributed by atoms with E-state index in [1.165, 1.54) is 12.1 Å². The number of hydrogen-bond acceptors (Lipinski definition) is 2. The molecule has 0 bridgehead atoms. The Morgan fingerprint density at radius 1 is 1.32 bits per heavy atom. The van der Waals surface area contributed by atoms with Crippen molar-refractivity contribution in [2.75, 3.05) is 13.1 Å². The maximum Gasteiger partial charge on any atom is 0.417 e. The minimum absolute atomic E-state index is 0.148. The summed E-state index contributed by atoms with van der Waals surface area (Å²) in [5.41, 5.74) is -1.14. The van der Waals surface area contributed by atoms with Gasteiger partial charge in [0.1, 0.15) is 0 Å². The Bertz CT molecular complexity index is 526. The molecule has 1 saturated heterocycles. The lowest BCUT2D eigenvalue weighted by molar-refractivity contribution is -0.137. The lowest BCUT2D eigenvalue weighted by Gasteiger charge is -2.17. The molecule has 0 radical (unpaired) electrons. The third-order valence-electron chi connectivity index (χ3n) is 3.72. The van der Waals surface area contributed by atoms with Gasteiger partial charge in [0.2, 0.25) is 0 Å². The highest BCUT2D eigenvalue weighted by atomic mass is 35.5. The van der Waals surface area contributed by atoms with E-state index in [9.17, 15) is 18.0 Å². The number of rotatable bonds is 3. The monoisotopic (exact) mass is 334 g/mol. The molecule has 2 rings (SSSR count). The Labute approximate surface area is 132 Å². The van der Waals surface area contributed by atoms with Crippen LogP contribution in [-0.2, 0) is 6.18 Å². The fourth-order valence-electron chi connectivity index (χ4n) is 2.51. The van der Waals surface area contributed by atoms with Gasteiger partial charge in [0.25, 0.3) is 5.91 Å². The predicted molar refractivity (Wildman–Crippen MR) is 79.0 cm³/mol. The van der Waals surface area contributed by atoms with Crippen LogP contribution in [0, 0.1) is 0 Å². The Balaban J connectivity index is 2.03. The van der Waals surface area contributed by atoms with Crippen LogP contribution in [0.5, 0.6) is 0 Å². The summed E-state index contributed by atoms with van der Waals surface area (Å²) >= 11 is 5.74. The minimum atomic E-state index is -4.57. The molecule has 0 spiro atoms. The lowest BCUT2D eigenvalue weighted by atomic mass is 10.1. The smallest absolute Gasteiger partial charge is 0.350 e. The zero-order valence-corrected chi connectivity index (χ0v) is 12.7. The summed E-state index contributed by atoms with van der Waals surface area (Å²) in [5.74, 6) is -0.581. The molecule has 1 aliphatic rings. The van der Waals surface area contributed by atoms with Crippen LogP contribution in [0.3, 0.4) is 0 Å². The fraction of sp³-hybridized carbons (Fsp3) is 0.533. The van der Waals surface area contributed by atoms with Crippen LogP contribution in [0.25, 0.3) is 0 Å². The average Bonchev–Trinajstić information content (AvgIpc) is 2.72. The first-order valence-electron chi connectivity index (χ1n) is 7.27. The van der Waals surface area contributed by atoms with Gasteiger partial charge in [-0.3, -0.25) is 4.79 Å². The van der Waals surface area contributed by atoms with E-state index < -0.39 is 22.7 Å². The van der Waals surface area contributed by atoms with E-state index in [0.717, 1.165) is 38.3 Å². The fourth-order valence-corrected chi connectivity index (χ4v) is 2.83. The van der Waals surface area contributed by atoms with E-state index in [2.05, 4.69) is 10.6 Å². The number of benzene rings is 1. The Morgan fingerprint density at radius 3 is 2.82 bits per heavy atom. The van der Waals surface area contributed by atoms with Crippen molar-refractivity contribution in [2.24, 2.45) is 0 Å². The van der Waals surface area contributed by atoms with E-state index in [0.29, 0.717) is 6.54 Å². The first kappa shape index (κ1) is 17.1. The largest absolute Gasteiger partial charge is 0.417 e. The van der Waals surface area contributed by atoms with Crippen molar-refractivity contribution >= 4 is 17.5 Å². The highest BCUT2D eigenvalue weighted by Gasteiger charge is 2.34. The predicted octanol–water partition coefficient (Wildman–Crippen LogP) is 3.62. The Morgan fingerprint density at radius 2 is 2.09 bits per heavy atom. The van der Waals surface area contributed by atoms with Crippen LogP contribution in [0.4, 0.5) is 13.2 Å². The van der Waals surface area contributed by atoms with Gasteiger partial charge >= 0.3 is 6.18 Å². The molecule has 0 saturated carbocycles. The van der Waals surface area contributed by atoms with E-state index in [1.807, 2.05) is 0 Å². The molecule has 1 aliphatic heterocycles. The Kier molecular flexibility index (Phi) is 5.69.